The first-order valence-corrected chi connectivity index (χ1v) is 7.07. The SMILES string of the molecule is CCOC(=O)/C=C/COc1cccc(N2CCCC2=O)c1. The van der Waals surface area contributed by atoms with Crippen LogP contribution in [0.3, 0.4) is 0 Å². The first kappa shape index (κ1) is 15.1. The Kier molecular flexibility index (Phi) is 5.37. The molecule has 1 aliphatic heterocycles. The molecule has 112 valence electrons. The van der Waals surface area contributed by atoms with Crippen molar-refractivity contribution in [2.75, 3.05) is 24.7 Å². The van der Waals surface area contributed by atoms with Crippen molar-refractivity contribution in [3.8, 4) is 5.75 Å². The van der Waals surface area contributed by atoms with Crippen LogP contribution in [0.15, 0.2) is 36.4 Å². The van der Waals surface area contributed by atoms with Crippen molar-refractivity contribution in [2.45, 2.75) is 19.8 Å². The smallest absolute Gasteiger partial charge is 0.330 e. The fraction of sp³-hybridized carbons (Fsp3) is 0.375. The zero-order valence-electron chi connectivity index (χ0n) is 12.1. The quantitative estimate of drug-likeness (QED) is 0.595. The van der Waals surface area contributed by atoms with Crippen molar-refractivity contribution in [3.63, 3.8) is 0 Å². The van der Waals surface area contributed by atoms with E-state index in [1.54, 1.807) is 17.9 Å². The van der Waals surface area contributed by atoms with Crippen molar-refractivity contribution in [1.82, 2.24) is 0 Å². The Hall–Kier alpha value is -2.30. The third kappa shape index (κ3) is 4.34. The molecule has 0 unspecified atom stereocenters. The number of rotatable bonds is 6. The largest absolute Gasteiger partial charge is 0.489 e. The van der Waals surface area contributed by atoms with Gasteiger partial charge in [-0.2, -0.15) is 0 Å². The van der Waals surface area contributed by atoms with E-state index in [9.17, 15) is 9.59 Å². The minimum atomic E-state index is -0.377. The first-order valence-electron chi connectivity index (χ1n) is 7.07. The van der Waals surface area contributed by atoms with Gasteiger partial charge < -0.3 is 14.4 Å². The van der Waals surface area contributed by atoms with Gasteiger partial charge in [-0.25, -0.2) is 4.79 Å². The molecule has 0 N–H and O–H groups in total. The molecule has 1 heterocycles. The maximum Gasteiger partial charge on any atom is 0.330 e. The second kappa shape index (κ2) is 7.47. The summed E-state index contributed by atoms with van der Waals surface area (Å²) < 4.78 is 10.3. The number of carbonyl (C=O) groups excluding carboxylic acids is 2. The normalized spacial score (nSPS) is 14.7. The predicted molar refractivity (Wildman–Crippen MR) is 79.3 cm³/mol. The van der Waals surface area contributed by atoms with Gasteiger partial charge in [0.05, 0.1) is 6.61 Å². The minimum Gasteiger partial charge on any atom is -0.489 e. The number of hydrogen-bond donors (Lipinski definition) is 0. The van der Waals surface area contributed by atoms with Gasteiger partial charge in [-0.05, 0) is 31.6 Å². The van der Waals surface area contributed by atoms with Crippen LogP contribution in [-0.2, 0) is 14.3 Å². The molecule has 0 aromatic heterocycles. The zero-order chi connectivity index (χ0) is 15.1. The summed E-state index contributed by atoms with van der Waals surface area (Å²) in [5.41, 5.74) is 0.851. The van der Waals surface area contributed by atoms with E-state index < -0.39 is 0 Å². The van der Waals surface area contributed by atoms with Crippen LogP contribution in [0, 0.1) is 0 Å². The van der Waals surface area contributed by atoms with Gasteiger partial charge in [0.25, 0.3) is 0 Å². The molecule has 0 atom stereocenters. The van der Waals surface area contributed by atoms with E-state index in [0.717, 1.165) is 18.7 Å². The van der Waals surface area contributed by atoms with E-state index in [-0.39, 0.29) is 18.5 Å². The molecule has 1 aliphatic rings. The number of esters is 1. The molecule has 0 bridgehead atoms. The number of carbonyl (C=O) groups is 2. The molecule has 1 fully saturated rings. The molecule has 1 saturated heterocycles. The second-order valence-electron chi connectivity index (χ2n) is 4.61. The maximum atomic E-state index is 11.7. The van der Waals surface area contributed by atoms with E-state index in [0.29, 0.717) is 18.8 Å². The number of amides is 1. The van der Waals surface area contributed by atoms with Gasteiger partial charge in [-0.3, -0.25) is 4.79 Å². The summed E-state index contributed by atoms with van der Waals surface area (Å²) in [7, 11) is 0. The number of benzene rings is 1. The average Bonchev–Trinajstić information content (AvgIpc) is 2.90. The van der Waals surface area contributed by atoms with Crippen molar-refractivity contribution < 1.29 is 19.1 Å². The lowest BCUT2D eigenvalue weighted by atomic mass is 10.3. The van der Waals surface area contributed by atoms with Gasteiger partial charge in [-0.15, -0.1) is 0 Å². The topological polar surface area (TPSA) is 55.8 Å². The average molecular weight is 289 g/mol. The van der Waals surface area contributed by atoms with Crippen molar-refractivity contribution >= 4 is 17.6 Å². The third-order valence-electron chi connectivity index (χ3n) is 3.09. The van der Waals surface area contributed by atoms with Gasteiger partial charge in [0.1, 0.15) is 12.4 Å². The monoisotopic (exact) mass is 289 g/mol. The molecule has 1 aromatic carbocycles. The number of hydrogen-bond acceptors (Lipinski definition) is 4. The van der Waals surface area contributed by atoms with Crippen LogP contribution >= 0.6 is 0 Å². The number of nitrogens with zero attached hydrogens (tertiary/aromatic N) is 1. The fourth-order valence-corrected chi connectivity index (χ4v) is 2.14. The van der Waals surface area contributed by atoms with Gasteiger partial charge in [-0.1, -0.05) is 6.07 Å². The van der Waals surface area contributed by atoms with Crippen molar-refractivity contribution in [1.29, 1.82) is 0 Å². The van der Waals surface area contributed by atoms with Crippen LogP contribution in [0.1, 0.15) is 19.8 Å². The molecular formula is C16H19NO4. The van der Waals surface area contributed by atoms with Crippen LogP contribution in [0.5, 0.6) is 5.75 Å². The standard InChI is InChI=1S/C16H19NO4/c1-2-20-16(19)9-5-11-21-14-7-3-6-13(12-14)17-10-4-8-15(17)18/h3,5-7,9,12H,2,4,8,10-11H2,1H3/b9-5+. The van der Waals surface area contributed by atoms with E-state index in [2.05, 4.69) is 0 Å². The van der Waals surface area contributed by atoms with E-state index in [4.69, 9.17) is 9.47 Å². The first-order chi connectivity index (χ1) is 10.2. The summed E-state index contributed by atoms with van der Waals surface area (Å²) >= 11 is 0. The highest BCUT2D eigenvalue weighted by atomic mass is 16.5. The molecule has 0 radical (unpaired) electrons. The lowest BCUT2D eigenvalue weighted by Gasteiger charge is -2.16. The lowest BCUT2D eigenvalue weighted by molar-refractivity contribution is -0.137. The Labute approximate surface area is 124 Å². The van der Waals surface area contributed by atoms with Crippen LogP contribution in [-0.4, -0.2) is 31.6 Å². The van der Waals surface area contributed by atoms with Crippen LogP contribution in [0.25, 0.3) is 0 Å². The van der Waals surface area contributed by atoms with Crippen molar-refractivity contribution in [3.05, 3.63) is 36.4 Å². The van der Waals surface area contributed by atoms with Gasteiger partial charge in [0.2, 0.25) is 5.91 Å². The summed E-state index contributed by atoms with van der Waals surface area (Å²) in [6.45, 7) is 3.14. The Balaban J connectivity index is 1.89. The number of anilines is 1. The molecule has 5 heteroatoms. The Bertz CT molecular complexity index is 539. The van der Waals surface area contributed by atoms with Gasteiger partial charge in [0, 0.05) is 30.8 Å². The Morgan fingerprint density at radius 2 is 2.29 bits per heavy atom. The molecule has 0 aliphatic carbocycles. The molecule has 1 aromatic rings. The highest BCUT2D eigenvalue weighted by molar-refractivity contribution is 5.95. The predicted octanol–water partition coefficient (Wildman–Crippen LogP) is 2.31. The summed E-state index contributed by atoms with van der Waals surface area (Å²) in [6.07, 6.45) is 4.45. The van der Waals surface area contributed by atoms with E-state index in [1.807, 2.05) is 24.3 Å². The zero-order valence-corrected chi connectivity index (χ0v) is 12.1. The highest BCUT2D eigenvalue weighted by Gasteiger charge is 2.21. The van der Waals surface area contributed by atoms with E-state index >= 15 is 0 Å². The second-order valence-corrected chi connectivity index (χ2v) is 4.61. The maximum absolute atomic E-state index is 11.7. The highest BCUT2D eigenvalue weighted by Crippen LogP contribution is 2.25. The van der Waals surface area contributed by atoms with Gasteiger partial charge in [0.15, 0.2) is 0 Å². The van der Waals surface area contributed by atoms with Gasteiger partial charge >= 0.3 is 5.97 Å². The third-order valence-corrected chi connectivity index (χ3v) is 3.09. The van der Waals surface area contributed by atoms with Crippen LogP contribution < -0.4 is 9.64 Å². The lowest BCUT2D eigenvalue weighted by Crippen LogP contribution is -2.23. The molecule has 0 saturated carbocycles. The molecule has 2 rings (SSSR count). The molecule has 0 spiro atoms. The Morgan fingerprint density at radius 1 is 1.43 bits per heavy atom. The molecule has 1 amide bonds. The summed E-state index contributed by atoms with van der Waals surface area (Å²) in [5.74, 6) is 0.438. The van der Waals surface area contributed by atoms with Crippen LogP contribution in [0.4, 0.5) is 5.69 Å². The van der Waals surface area contributed by atoms with E-state index in [1.165, 1.54) is 6.08 Å². The summed E-state index contributed by atoms with van der Waals surface area (Å²) in [4.78, 5) is 24.6. The minimum absolute atomic E-state index is 0.148. The molecule has 21 heavy (non-hydrogen) atoms. The van der Waals surface area contributed by atoms with Crippen LogP contribution in [0.2, 0.25) is 0 Å². The molecule has 5 nitrogen and oxygen atoms in total. The number of ether oxygens (including phenoxy) is 2. The summed E-state index contributed by atoms with van der Waals surface area (Å²) in [6, 6.07) is 7.40. The summed E-state index contributed by atoms with van der Waals surface area (Å²) in [5, 5.41) is 0. The molecular weight excluding hydrogens is 270 g/mol. The Morgan fingerprint density at radius 3 is 3.00 bits per heavy atom. The fourth-order valence-electron chi connectivity index (χ4n) is 2.14. The van der Waals surface area contributed by atoms with Crippen molar-refractivity contribution in [2.24, 2.45) is 0 Å².